The van der Waals surface area contributed by atoms with Gasteiger partial charge in [-0.25, -0.2) is 16.8 Å². The highest BCUT2D eigenvalue weighted by Gasteiger charge is 2.25. The van der Waals surface area contributed by atoms with E-state index in [2.05, 4.69) is 5.32 Å². The minimum Gasteiger partial charge on any atom is -0.492 e. The van der Waals surface area contributed by atoms with Gasteiger partial charge < -0.3 is 10.1 Å². The zero-order chi connectivity index (χ0) is 24.8. The second-order valence-electron chi connectivity index (χ2n) is 8.24. The van der Waals surface area contributed by atoms with Gasteiger partial charge in [-0.2, -0.15) is 4.31 Å². The number of piperidine rings is 1. The molecule has 0 spiro atoms. The summed E-state index contributed by atoms with van der Waals surface area (Å²) in [6, 6.07) is 13.1. The van der Waals surface area contributed by atoms with E-state index in [0.29, 0.717) is 24.5 Å². The number of hydrogen-bond acceptors (Lipinski definition) is 6. The van der Waals surface area contributed by atoms with E-state index in [1.54, 1.807) is 36.4 Å². The van der Waals surface area contributed by atoms with Gasteiger partial charge in [0.25, 0.3) is 0 Å². The number of sulfonamides is 2. The summed E-state index contributed by atoms with van der Waals surface area (Å²) in [5.41, 5.74) is 1.40. The quantitative estimate of drug-likeness (QED) is 0.491. The summed E-state index contributed by atoms with van der Waals surface area (Å²) in [4.78, 5) is 12.5. The molecule has 1 aliphatic heterocycles. The summed E-state index contributed by atoms with van der Waals surface area (Å²) in [6.45, 7) is 2.95. The molecular weight excluding hydrogens is 478 g/mol. The van der Waals surface area contributed by atoms with E-state index in [4.69, 9.17) is 4.74 Å². The molecule has 0 radical (unpaired) electrons. The normalized spacial score (nSPS) is 15.0. The molecule has 1 N–H and O–H groups in total. The molecule has 34 heavy (non-hydrogen) atoms. The van der Waals surface area contributed by atoms with Crippen molar-refractivity contribution in [2.45, 2.75) is 31.1 Å². The van der Waals surface area contributed by atoms with Crippen molar-refractivity contribution in [3.05, 3.63) is 54.1 Å². The van der Waals surface area contributed by atoms with Crippen LogP contribution in [0.3, 0.4) is 0 Å². The molecule has 1 fully saturated rings. The maximum absolute atomic E-state index is 12.7. The van der Waals surface area contributed by atoms with Crippen molar-refractivity contribution in [1.29, 1.82) is 0 Å². The molecule has 1 aliphatic rings. The average molecular weight is 510 g/mol. The predicted octanol–water partition coefficient (Wildman–Crippen LogP) is 2.13. The molecule has 2 aromatic rings. The summed E-state index contributed by atoms with van der Waals surface area (Å²) >= 11 is 0. The SMILES string of the molecule is Cc1ccc(N(CC(=O)NCCOc2ccc(S(=O)(=O)N3CCCCC3)cc2)S(C)(=O)=O)cc1. The van der Waals surface area contributed by atoms with Gasteiger partial charge in [0.2, 0.25) is 26.0 Å². The standard InChI is InChI=1S/C23H31N3O6S2/c1-19-6-8-20(9-7-19)26(33(2,28)29)18-23(27)24-14-17-32-21-10-12-22(13-11-21)34(30,31)25-15-4-3-5-16-25/h6-13H,3-5,14-18H2,1-2H3,(H,24,27). The molecule has 0 aliphatic carbocycles. The topological polar surface area (TPSA) is 113 Å². The molecule has 0 saturated carbocycles. The van der Waals surface area contributed by atoms with Gasteiger partial charge in [-0.1, -0.05) is 24.1 Å². The van der Waals surface area contributed by atoms with Crippen LogP contribution in [0.25, 0.3) is 0 Å². The minimum absolute atomic E-state index is 0.146. The summed E-state index contributed by atoms with van der Waals surface area (Å²) in [5.74, 6) is 0.0156. The number of nitrogens with zero attached hydrogens (tertiary/aromatic N) is 2. The monoisotopic (exact) mass is 509 g/mol. The van der Waals surface area contributed by atoms with Gasteiger partial charge in [0.15, 0.2) is 0 Å². The Morgan fingerprint density at radius 3 is 2.18 bits per heavy atom. The Morgan fingerprint density at radius 2 is 1.59 bits per heavy atom. The van der Waals surface area contributed by atoms with Crippen molar-refractivity contribution in [2.75, 3.05) is 43.3 Å². The minimum atomic E-state index is -3.64. The molecule has 0 atom stereocenters. The molecule has 1 saturated heterocycles. The number of anilines is 1. The van der Waals surface area contributed by atoms with Crippen molar-refractivity contribution in [1.82, 2.24) is 9.62 Å². The molecule has 0 unspecified atom stereocenters. The highest BCUT2D eigenvalue weighted by atomic mass is 32.2. The fraction of sp³-hybridized carbons (Fsp3) is 0.435. The highest BCUT2D eigenvalue weighted by Crippen LogP contribution is 2.22. The number of nitrogens with one attached hydrogen (secondary N) is 1. The van der Waals surface area contributed by atoms with Crippen LogP contribution in [0.4, 0.5) is 5.69 Å². The van der Waals surface area contributed by atoms with Crippen LogP contribution in [0.15, 0.2) is 53.4 Å². The van der Waals surface area contributed by atoms with Crippen molar-refractivity contribution >= 4 is 31.6 Å². The van der Waals surface area contributed by atoms with E-state index in [0.717, 1.165) is 35.4 Å². The van der Waals surface area contributed by atoms with Crippen LogP contribution >= 0.6 is 0 Å². The summed E-state index contributed by atoms with van der Waals surface area (Å²) in [7, 11) is -7.13. The van der Waals surface area contributed by atoms with E-state index in [9.17, 15) is 21.6 Å². The van der Waals surface area contributed by atoms with Crippen LogP contribution < -0.4 is 14.4 Å². The average Bonchev–Trinajstić information content (AvgIpc) is 2.81. The third-order valence-corrected chi connectivity index (χ3v) is 8.53. The smallest absolute Gasteiger partial charge is 0.243 e. The molecule has 2 aromatic carbocycles. The summed E-state index contributed by atoms with van der Waals surface area (Å²) in [5, 5.41) is 2.64. The van der Waals surface area contributed by atoms with Crippen LogP contribution in [0.2, 0.25) is 0 Å². The lowest BCUT2D eigenvalue weighted by molar-refractivity contribution is -0.119. The Hall–Kier alpha value is -2.63. The van der Waals surface area contributed by atoms with Crippen LogP contribution in [0, 0.1) is 6.92 Å². The zero-order valence-electron chi connectivity index (χ0n) is 19.4. The third kappa shape index (κ3) is 6.94. The molecule has 186 valence electrons. The van der Waals surface area contributed by atoms with Crippen LogP contribution in [-0.4, -0.2) is 66.1 Å². The van der Waals surface area contributed by atoms with E-state index in [-0.39, 0.29) is 24.6 Å². The van der Waals surface area contributed by atoms with E-state index in [1.807, 2.05) is 6.92 Å². The first-order chi connectivity index (χ1) is 16.1. The molecule has 0 bridgehead atoms. The lowest BCUT2D eigenvalue weighted by Gasteiger charge is -2.25. The largest absolute Gasteiger partial charge is 0.492 e. The molecule has 3 rings (SSSR count). The number of amides is 1. The summed E-state index contributed by atoms with van der Waals surface area (Å²) < 4.78 is 57.8. The van der Waals surface area contributed by atoms with Crippen LogP contribution in [0.5, 0.6) is 5.75 Å². The first-order valence-corrected chi connectivity index (χ1v) is 14.4. The van der Waals surface area contributed by atoms with Crippen molar-refractivity contribution in [2.24, 2.45) is 0 Å². The second kappa shape index (κ2) is 11.2. The van der Waals surface area contributed by atoms with Crippen molar-refractivity contribution < 1.29 is 26.4 Å². The van der Waals surface area contributed by atoms with E-state index < -0.39 is 26.0 Å². The van der Waals surface area contributed by atoms with E-state index >= 15 is 0 Å². The fourth-order valence-corrected chi connectivity index (χ4v) is 5.99. The van der Waals surface area contributed by atoms with Gasteiger partial charge in [0.1, 0.15) is 18.9 Å². The van der Waals surface area contributed by atoms with E-state index in [1.165, 1.54) is 16.4 Å². The number of ether oxygens (including phenoxy) is 1. The highest BCUT2D eigenvalue weighted by molar-refractivity contribution is 7.92. The third-order valence-electron chi connectivity index (χ3n) is 5.48. The Morgan fingerprint density at radius 1 is 0.971 bits per heavy atom. The number of rotatable bonds is 10. The van der Waals surface area contributed by atoms with Gasteiger partial charge in [0.05, 0.1) is 23.4 Å². The number of hydrogen-bond donors (Lipinski definition) is 1. The maximum atomic E-state index is 12.7. The number of aryl methyl sites for hydroxylation is 1. The Balaban J connectivity index is 1.49. The van der Waals surface area contributed by atoms with Gasteiger partial charge in [0, 0.05) is 13.1 Å². The molecule has 1 amide bonds. The van der Waals surface area contributed by atoms with Crippen LogP contribution in [-0.2, 0) is 24.8 Å². The summed E-state index contributed by atoms with van der Waals surface area (Å²) in [6.07, 6.45) is 3.85. The van der Waals surface area contributed by atoms with Crippen molar-refractivity contribution in [3.63, 3.8) is 0 Å². The van der Waals surface area contributed by atoms with Crippen LogP contribution in [0.1, 0.15) is 24.8 Å². The Labute approximate surface area is 201 Å². The lowest BCUT2D eigenvalue weighted by Crippen LogP contribution is -2.41. The second-order valence-corrected chi connectivity index (χ2v) is 12.1. The zero-order valence-corrected chi connectivity index (χ0v) is 21.1. The molecule has 0 aromatic heterocycles. The number of benzene rings is 2. The molecule has 11 heteroatoms. The first-order valence-electron chi connectivity index (χ1n) is 11.1. The van der Waals surface area contributed by atoms with Crippen molar-refractivity contribution in [3.8, 4) is 5.75 Å². The Bertz CT molecular complexity index is 1170. The van der Waals surface area contributed by atoms with Gasteiger partial charge in [-0.3, -0.25) is 9.10 Å². The Kier molecular flexibility index (Phi) is 8.56. The number of carbonyl (C=O) groups excluding carboxylic acids is 1. The number of carbonyl (C=O) groups is 1. The fourth-order valence-electron chi connectivity index (χ4n) is 3.62. The molecular formula is C23H31N3O6S2. The van der Waals surface area contributed by atoms with Gasteiger partial charge in [-0.05, 0) is 56.2 Å². The van der Waals surface area contributed by atoms with Gasteiger partial charge >= 0.3 is 0 Å². The van der Waals surface area contributed by atoms with Gasteiger partial charge in [-0.15, -0.1) is 0 Å². The molecule has 9 nitrogen and oxygen atoms in total. The lowest BCUT2D eigenvalue weighted by atomic mass is 10.2. The maximum Gasteiger partial charge on any atom is 0.243 e. The predicted molar refractivity (Wildman–Crippen MR) is 131 cm³/mol. The molecule has 1 heterocycles. The first kappa shape index (κ1) is 26.0.